The minimum absolute atomic E-state index is 0.148. The van der Waals surface area contributed by atoms with E-state index in [4.69, 9.17) is 21.1 Å². The second-order valence-corrected chi connectivity index (χ2v) is 6.02. The summed E-state index contributed by atoms with van der Waals surface area (Å²) in [5.74, 6) is 1.08. The third-order valence-corrected chi connectivity index (χ3v) is 4.28. The summed E-state index contributed by atoms with van der Waals surface area (Å²) in [6.07, 6.45) is 1.83. The first kappa shape index (κ1) is 15.7. The van der Waals surface area contributed by atoms with Crippen LogP contribution in [0.2, 0.25) is 5.02 Å². The summed E-state index contributed by atoms with van der Waals surface area (Å²) in [5.41, 5.74) is 2.13. The van der Waals surface area contributed by atoms with Crippen LogP contribution in [0.3, 0.4) is 0 Å². The molecule has 0 atom stereocenters. The smallest absolute Gasteiger partial charge is 0.224 e. The number of H-pyrrole nitrogens is 1. The van der Waals surface area contributed by atoms with Crippen molar-refractivity contribution in [2.45, 2.75) is 13.0 Å². The molecule has 1 aliphatic rings. The first-order valence-corrected chi connectivity index (χ1v) is 8.21. The van der Waals surface area contributed by atoms with Crippen LogP contribution in [-0.4, -0.2) is 34.3 Å². The van der Waals surface area contributed by atoms with Gasteiger partial charge in [-0.05, 0) is 23.8 Å². The van der Waals surface area contributed by atoms with Crippen molar-refractivity contribution in [1.82, 2.24) is 20.5 Å². The van der Waals surface area contributed by atoms with Gasteiger partial charge in [0, 0.05) is 22.7 Å². The topological polar surface area (TPSA) is 89.1 Å². The summed E-state index contributed by atoms with van der Waals surface area (Å²) in [6, 6.07) is 7.18. The standard InChI is InChI=1S/C17H15ClN4O3/c18-12-8-15-14(24-4-5-25-15)6-10(12)7-16(23)20-9-13-11-2-1-3-19-17(11)22-21-13/h1-3,6,8H,4-5,7,9H2,(H,20,23)(H,19,21,22). The zero-order valence-corrected chi connectivity index (χ0v) is 14.0. The van der Waals surface area contributed by atoms with Crippen molar-refractivity contribution in [3.63, 3.8) is 0 Å². The highest BCUT2D eigenvalue weighted by atomic mass is 35.5. The van der Waals surface area contributed by atoms with Crippen LogP contribution in [0.1, 0.15) is 11.3 Å². The van der Waals surface area contributed by atoms with Gasteiger partial charge in [-0.1, -0.05) is 11.6 Å². The highest BCUT2D eigenvalue weighted by Gasteiger charge is 2.17. The number of hydrogen-bond acceptors (Lipinski definition) is 5. The fourth-order valence-corrected chi connectivity index (χ4v) is 2.92. The van der Waals surface area contributed by atoms with Gasteiger partial charge in [-0.3, -0.25) is 9.89 Å². The van der Waals surface area contributed by atoms with Gasteiger partial charge in [-0.2, -0.15) is 5.10 Å². The number of nitrogens with one attached hydrogen (secondary N) is 2. The fourth-order valence-electron chi connectivity index (χ4n) is 2.70. The molecule has 7 nitrogen and oxygen atoms in total. The van der Waals surface area contributed by atoms with E-state index >= 15 is 0 Å². The zero-order valence-electron chi connectivity index (χ0n) is 13.2. The zero-order chi connectivity index (χ0) is 17.2. The molecule has 0 fully saturated rings. The van der Waals surface area contributed by atoms with E-state index in [1.807, 2.05) is 12.1 Å². The summed E-state index contributed by atoms with van der Waals surface area (Å²) in [7, 11) is 0. The Bertz CT molecular complexity index is 941. The molecule has 0 spiro atoms. The maximum atomic E-state index is 12.3. The third kappa shape index (κ3) is 3.23. The van der Waals surface area contributed by atoms with Gasteiger partial charge < -0.3 is 14.8 Å². The van der Waals surface area contributed by atoms with Crippen molar-refractivity contribution in [2.75, 3.05) is 13.2 Å². The number of benzene rings is 1. The van der Waals surface area contributed by atoms with Gasteiger partial charge in [0.25, 0.3) is 0 Å². The summed E-state index contributed by atoms with van der Waals surface area (Å²) in [6.45, 7) is 1.32. The number of carbonyl (C=O) groups excluding carboxylic acids is 1. The van der Waals surface area contributed by atoms with E-state index in [9.17, 15) is 4.79 Å². The van der Waals surface area contributed by atoms with E-state index in [1.54, 1.807) is 18.3 Å². The van der Waals surface area contributed by atoms with Crippen molar-refractivity contribution >= 4 is 28.5 Å². The molecule has 0 aliphatic carbocycles. The number of aromatic nitrogens is 3. The molecule has 0 radical (unpaired) electrons. The monoisotopic (exact) mass is 358 g/mol. The van der Waals surface area contributed by atoms with Crippen molar-refractivity contribution in [3.8, 4) is 11.5 Å². The molecule has 0 saturated heterocycles. The Morgan fingerprint density at radius 1 is 1.28 bits per heavy atom. The number of halogens is 1. The van der Waals surface area contributed by atoms with E-state index in [2.05, 4.69) is 20.5 Å². The number of amides is 1. The van der Waals surface area contributed by atoms with Gasteiger partial charge in [-0.25, -0.2) is 4.98 Å². The second kappa shape index (κ2) is 6.60. The number of carbonyl (C=O) groups is 1. The molecular weight excluding hydrogens is 344 g/mol. The molecule has 1 aliphatic heterocycles. The SMILES string of the molecule is O=C(Cc1cc2c(cc1Cl)OCCO2)NCc1[nH]nc2ncccc12. The number of pyridine rings is 1. The average Bonchev–Trinajstić information content (AvgIpc) is 3.04. The molecule has 128 valence electrons. The Labute approximate surface area is 148 Å². The first-order valence-electron chi connectivity index (χ1n) is 7.83. The Morgan fingerprint density at radius 3 is 2.92 bits per heavy atom. The van der Waals surface area contributed by atoms with Gasteiger partial charge in [0.05, 0.1) is 18.7 Å². The molecule has 0 unspecified atom stereocenters. The molecule has 4 rings (SSSR count). The average molecular weight is 359 g/mol. The lowest BCUT2D eigenvalue weighted by Crippen LogP contribution is -2.25. The van der Waals surface area contributed by atoms with E-state index in [0.717, 1.165) is 11.1 Å². The highest BCUT2D eigenvalue weighted by molar-refractivity contribution is 6.31. The van der Waals surface area contributed by atoms with Crippen LogP contribution in [-0.2, 0) is 17.8 Å². The highest BCUT2D eigenvalue weighted by Crippen LogP contribution is 2.35. The van der Waals surface area contributed by atoms with E-state index in [1.165, 1.54) is 0 Å². The van der Waals surface area contributed by atoms with Gasteiger partial charge in [-0.15, -0.1) is 0 Å². The largest absolute Gasteiger partial charge is 0.486 e. The number of aromatic amines is 1. The molecular formula is C17H15ClN4O3. The van der Waals surface area contributed by atoms with Crippen molar-refractivity contribution in [1.29, 1.82) is 0 Å². The Morgan fingerprint density at radius 2 is 2.08 bits per heavy atom. The molecule has 2 N–H and O–H groups in total. The maximum absolute atomic E-state index is 12.3. The van der Waals surface area contributed by atoms with Crippen molar-refractivity contribution in [3.05, 3.63) is 46.7 Å². The van der Waals surface area contributed by atoms with Gasteiger partial charge in [0.2, 0.25) is 5.91 Å². The van der Waals surface area contributed by atoms with Crippen LogP contribution in [0.25, 0.3) is 11.0 Å². The molecule has 25 heavy (non-hydrogen) atoms. The molecule has 1 aromatic carbocycles. The predicted molar refractivity (Wildman–Crippen MR) is 91.9 cm³/mol. The number of ether oxygens (including phenoxy) is 2. The summed E-state index contributed by atoms with van der Waals surface area (Å²) < 4.78 is 11.0. The summed E-state index contributed by atoms with van der Waals surface area (Å²) in [5, 5.41) is 11.2. The van der Waals surface area contributed by atoms with E-state index < -0.39 is 0 Å². The number of rotatable bonds is 4. The lowest BCUT2D eigenvalue weighted by Gasteiger charge is -2.19. The van der Waals surface area contributed by atoms with Gasteiger partial charge >= 0.3 is 0 Å². The molecule has 1 amide bonds. The van der Waals surface area contributed by atoms with Gasteiger partial charge in [0.15, 0.2) is 17.1 Å². The molecule has 3 aromatic rings. The lowest BCUT2D eigenvalue weighted by molar-refractivity contribution is -0.120. The van der Waals surface area contributed by atoms with Crippen LogP contribution >= 0.6 is 11.6 Å². The number of hydrogen-bond donors (Lipinski definition) is 2. The quantitative estimate of drug-likeness (QED) is 0.746. The Hall–Kier alpha value is -2.80. The normalized spacial score (nSPS) is 13.0. The molecule has 3 heterocycles. The minimum atomic E-state index is -0.148. The van der Waals surface area contributed by atoms with Crippen LogP contribution < -0.4 is 14.8 Å². The lowest BCUT2D eigenvalue weighted by atomic mass is 10.1. The van der Waals surface area contributed by atoms with Crippen molar-refractivity contribution < 1.29 is 14.3 Å². The second-order valence-electron chi connectivity index (χ2n) is 5.62. The van der Waals surface area contributed by atoms with Crippen LogP contribution in [0.15, 0.2) is 30.5 Å². The number of nitrogens with zero attached hydrogens (tertiary/aromatic N) is 2. The van der Waals surface area contributed by atoms with Crippen molar-refractivity contribution in [2.24, 2.45) is 0 Å². The Balaban J connectivity index is 1.44. The van der Waals surface area contributed by atoms with Crippen LogP contribution in [0, 0.1) is 0 Å². The first-order chi connectivity index (χ1) is 12.2. The van der Waals surface area contributed by atoms with E-state index in [0.29, 0.717) is 47.5 Å². The van der Waals surface area contributed by atoms with Crippen LogP contribution in [0.5, 0.6) is 11.5 Å². The Kier molecular flexibility index (Phi) is 4.15. The fraction of sp³-hybridized carbons (Fsp3) is 0.235. The molecule has 0 bridgehead atoms. The molecule has 2 aromatic heterocycles. The summed E-state index contributed by atoms with van der Waals surface area (Å²) >= 11 is 6.24. The van der Waals surface area contributed by atoms with Crippen LogP contribution in [0.4, 0.5) is 0 Å². The minimum Gasteiger partial charge on any atom is -0.486 e. The maximum Gasteiger partial charge on any atom is 0.224 e. The van der Waals surface area contributed by atoms with Gasteiger partial charge in [0.1, 0.15) is 13.2 Å². The molecule has 0 saturated carbocycles. The summed E-state index contributed by atoms with van der Waals surface area (Å²) in [4.78, 5) is 16.4. The third-order valence-electron chi connectivity index (χ3n) is 3.93. The molecule has 8 heteroatoms. The predicted octanol–water partition coefficient (Wildman–Crippen LogP) is 2.24. The number of fused-ring (bicyclic) bond motifs is 2. The van der Waals surface area contributed by atoms with E-state index in [-0.39, 0.29) is 12.3 Å².